The molecule has 3 rings (SSSR count). The monoisotopic (exact) mass is 375 g/mol. The largest absolute Gasteiger partial charge is 0.480 e. The summed E-state index contributed by atoms with van der Waals surface area (Å²) in [6, 6.07) is 22.9. The number of carbonyl (C=O) groups excluding carboxylic acids is 1. The van der Waals surface area contributed by atoms with Gasteiger partial charge >= 0.3 is 0 Å². The summed E-state index contributed by atoms with van der Waals surface area (Å²) < 4.78 is 11.7. The van der Waals surface area contributed by atoms with E-state index in [2.05, 4.69) is 5.32 Å². The molecule has 0 aliphatic heterocycles. The molecule has 0 aliphatic rings. The summed E-state index contributed by atoms with van der Waals surface area (Å²) in [4.78, 5) is 12.7. The van der Waals surface area contributed by atoms with E-state index in [1.165, 1.54) is 0 Å². The van der Waals surface area contributed by atoms with Gasteiger partial charge in [-0.05, 0) is 73.9 Å². The zero-order valence-electron chi connectivity index (χ0n) is 16.4. The van der Waals surface area contributed by atoms with Gasteiger partial charge in [-0.3, -0.25) is 4.79 Å². The van der Waals surface area contributed by atoms with Crippen LogP contribution in [0.25, 0.3) is 0 Å². The van der Waals surface area contributed by atoms with Crippen molar-refractivity contribution in [1.82, 2.24) is 0 Å². The van der Waals surface area contributed by atoms with Crippen molar-refractivity contribution in [3.05, 3.63) is 83.9 Å². The highest BCUT2D eigenvalue weighted by molar-refractivity contribution is 5.94. The number of carbonyl (C=O) groups is 1. The smallest absolute Gasteiger partial charge is 0.265 e. The molecule has 3 aromatic rings. The van der Waals surface area contributed by atoms with Crippen LogP contribution in [0.1, 0.15) is 24.5 Å². The van der Waals surface area contributed by atoms with E-state index in [4.69, 9.17) is 9.47 Å². The van der Waals surface area contributed by atoms with Crippen molar-refractivity contribution < 1.29 is 14.3 Å². The van der Waals surface area contributed by atoms with Crippen molar-refractivity contribution >= 4 is 11.6 Å². The van der Waals surface area contributed by atoms with Crippen LogP contribution in [-0.2, 0) is 4.79 Å². The molecular weight excluding hydrogens is 350 g/mol. The second-order valence-electron chi connectivity index (χ2n) is 6.71. The second kappa shape index (κ2) is 9.09. The summed E-state index contributed by atoms with van der Waals surface area (Å²) in [6.45, 7) is 5.92. The average molecular weight is 375 g/mol. The molecule has 0 spiro atoms. The van der Waals surface area contributed by atoms with Gasteiger partial charge in [0.05, 0.1) is 0 Å². The molecule has 28 heavy (non-hydrogen) atoms. The first-order valence-electron chi connectivity index (χ1n) is 9.43. The molecule has 4 heteroatoms. The Hall–Kier alpha value is -3.27. The molecule has 1 atom stereocenters. The minimum absolute atomic E-state index is 0.167. The summed E-state index contributed by atoms with van der Waals surface area (Å²) in [5, 5.41) is 2.92. The molecule has 0 aromatic heterocycles. The van der Waals surface area contributed by atoms with Gasteiger partial charge in [0.15, 0.2) is 6.10 Å². The normalized spacial score (nSPS) is 11.5. The Morgan fingerprint density at radius 1 is 0.929 bits per heavy atom. The first-order chi connectivity index (χ1) is 13.5. The third kappa shape index (κ3) is 5.13. The molecule has 3 aromatic carbocycles. The molecule has 0 saturated carbocycles. The number of anilines is 1. The van der Waals surface area contributed by atoms with Crippen LogP contribution in [0.15, 0.2) is 72.8 Å². The fourth-order valence-electron chi connectivity index (χ4n) is 2.76. The van der Waals surface area contributed by atoms with Gasteiger partial charge in [0.25, 0.3) is 5.91 Å². The molecule has 0 aliphatic carbocycles. The summed E-state index contributed by atoms with van der Waals surface area (Å²) in [7, 11) is 0. The number of para-hydroxylation sites is 1. The molecule has 1 unspecified atom stereocenters. The highest BCUT2D eigenvalue weighted by Gasteiger charge is 2.19. The lowest BCUT2D eigenvalue weighted by Crippen LogP contribution is -2.32. The summed E-state index contributed by atoms with van der Waals surface area (Å²) >= 11 is 0. The van der Waals surface area contributed by atoms with E-state index in [-0.39, 0.29) is 5.91 Å². The van der Waals surface area contributed by atoms with Crippen LogP contribution in [0, 0.1) is 13.8 Å². The standard InChI is InChI=1S/C24H25NO3/c1-4-22(28-23-16-17(2)10-11-18(23)3)24(26)25-19-12-14-21(15-13-19)27-20-8-6-5-7-9-20/h5-16,22H,4H2,1-3H3,(H,25,26). The van der Waals surface area contributed by atoms with Crippen molar-refractivity contribution in [2.24, 2.45) is 0 Å². The predicted molar refractivity (Wildman–Crippen MR) is 112 cm³/mol. The molecule has 1 N–H and O–H groups in total. The van der Waals surface area contributed by atoms with Crippen LogP contribution in [0.2, 0.25) is 0 Å². The van der Waals surface area contributed by atoms with Crippen molar-refractivity contribution in [2.75, 3.05) is 5.32 Å². The van der Waals surface area contributed by atoms with Gasteiger partial charge < -0.3 is 14.8 Å². The summed E-state index contributed by atoms with van der Waals surface area (Å²) in [6.07, 6.45) is 0.0229. The van der Waals surface area contributed by atoms with E-state index in [0.29, 0.717) is 17.9 Å². The lowest BCUT2D eigenvalue weighted by Gasteiger charge is -2.19. The highest BCUT2D eigenvalue weighted by Crippen LogP contribution is 2.24. The van der Waals surface area contributed by atoms with Crippen LogP contribution in [-0.4, -0.2) is 12.0 Å². The quantitative estimate of drug-likeness (QED) is 0.560. The van der Waals surface area contributed by atoms with Crippen LogP contribution in [0.5, 0.6) is 17.2 Å². The molecule has 0 heterocycles. The Morgan fingerprint density at radius 2 is 1.61 bits per heavy atom. The Morgan fingerprint density at radius 3 is 2.29 bits per heavy atom. The number of amides is 1. The molecule has 0 saturated heterocycles. The Kier molecular flexibility index (Phi) is 6.33. The fourth-order valence-corrected chi connectivity index (χ4v) is 2.76. The van der Waals surface area contributed by atoms with Crippen LogP contribution >= 0.6 is 0 Å². The number of benzene rings is 3. The maximum atomic E-state index is 12.7. The molecule has 4 nitrogen and oxygen atoms in total. The molecule has 0 radical (unpaired) electrons. The van der Waals surface area contributed by atoms with Gasteiger partial charge in [-0.15, -0.1) is 0 Å². The van der Waals surface area contributed by atoms with Gasteiger partial charge in [-0.25, -0.2) is 0 Å². The maximum absolute atomic E-state index is 12.7. The third-order valence-corrected chi connectivity index (χ3v) is 4.38. The predicted octanol–water partition coefficient (Wildman–Crippen LogP) is 5.89. The van der Waals surface area contributed by atoms with Gasteiger partial charge in [0.2, 0.25) is 0 Å². The van der Waals surface area contributed by atoms with Gasteiger partial charge in [0.1, 0.15) is 17.2 Å². The zero-order chi connectivity index (χ0) is 19.9. The number of hydrogen-bond donors (Lipinski definition) is 1. The number of aryl methyl sites for hydroxylation is 2. The first kappa shape index (κ1) is 19.5. The van der Waals surface area contributed by atoms with Gasteiger partial charge in [-0.2, -0.15) is 0 Å². The first-order valence-corrected chi connectivity index (χ1v) is 9.43. The molecule has 1 amide bonds. The van der Waals surface area contributed by atoms with E-state index >= 15 is 0 Å². The lowest BCUT2D eigenvalue weighted by molar-refractivity contribution is -0.122. The topological polar surface area (TPSA) is 47.6 Å². The second-order valence-corrected chi connectivity index (χ2v) is 6.71. The van der Waals surface area contributed by atoms with Crippen molar-refractivity contribution in [3.8, 4) is 17.2 Å². The van der Waals surface area contributed by atoms with Crippen molar-refractivity contribution in [1.29, 1.82) is 0 Å². The number of rotatable bonds is 7. The minimum Gasteiger partial charge on any atom is -0.480 e. The average Bonchev–Trinajstić information content (AvgIpc) is 2.70. The van der Waals surface area contributed by atoms with Gasteiger partial charge in [-0.1, -0.05) is 37.3 Å². The SMILES string of the molecule is CCC(Oc1cc(C)ccc1C)C(=O)Nc1ccc(Oc2ccccc2)cc1. The van der Waals surface area contributed by atoms with Crippen LogP contribution in [0.3, 0.4) is 0 Å². The molecule has 0 bridgehead atoms. The van der Waals surface area contributed by atoms with Crippen LogP contribution < -0.4 is 14.8 Å². The van der Waals surface area contributed by atoms with E-state index in [9.17, 15) is 4.79 Å². The van der Waals surface area contributed by atoms with E-state index in [0.717, 1.165) is 22.6 Å². The molecule has 144 valence electrons. The summed E-state index contributed by atoms with van der Waals surface area (Å²) in [5.74, 6) is 2.06. The summed E-state index contributed by atoms with van der Waals surface area (Å²) in [5.41, 5.74) is 2.82. The number of ether oxygens (including phenoxy) is 2. The Bertz CT molecular complexity index is 920. The van der Waals surface area contributed by atoms with Crippen molar-refractivity contribution in [2.45, 2.75) is 33.3 Å². The van der Waals surface area contributed by atoms with Crippen molar-refractivity contribution in [3.63, 3.8) is 0 Å². The molecule has 0 fully saturated rings. The Balaban J connectivity index is 1.63. The van der Waals surface area contributed by atoms with Gasteiger partial charge in [0, 0.05) is 5.69 Å². The number of nitrogens with one attached hydrogen (secondary N) is 1. The van der Waals surface area contributed by atoms with E-state index < -0.39 is 6.10 Å². The minimum atomic E-state index is -0.555. The highest BCUT2D eigenvalue weighted by atomic mass is 16.5. The zero-order valence-corrected chi connectivity index (χ0v) is 16.4. The number of hydrogen-bond acceptors (Lipinski definition) is 3. The Labute approximate surface area is 166 Å². The molecular formula is C24H25NO3. The van der Waals surface area contributed by atoms with E-state index in [1.54, 1.807) is 0 Å². The third-order valence-electron chi connectivity index (χ3n) is 4.38. The fraction of sp³-hybridized carbons (Fsp3) is 0.208. The van der Waals surface area contributed by atoms with E-state index in [1.807, 2.05) is 93.6 Å². The lowest BCUT2D eigenvalue weighted by atomic mass is 10.1. The van der Waals surface area contributed by atoms with Crippen LogP contribution in [0.4, 0.5) is 5.69 Å². The maximum Gasteiger partial charge on any atom is 0.265 e.